The average Bonchev–Trinajstić information content (AvgIpc) is 3.53. The van der Waals surface area contributed by atoms with Gasteiger partial charge in [-0.2, -0.15) is 4.98 Å². The molecule has 0 atom stereocenters. The summed E-state index contributed by atoms with van der Waals surface area (Å²) in [4.78, 5) is 8.26. The smallest absolute Gasteiger partial charge is 0.438 e. The number of halogens is 1. The molecule has 1 aliphatic heterocycles. The highest BCUT2D eigenvalue weighted by molar-refractivity contribution is 6.63. The van der Waals surface area contributed by atoms with Crippen LogP contribution in [-0.4, -0.2) is 40.8 Å². The second kappa shape index (κ2) is 8.79. The number of rotatable bonds is 9. The Labute approximate surface area is 180 Å². The molecule has 31 heavy (non-hydrogen) atoms. The van der Waals surface area contributed by atoms with E-state index in [1.54, 1.807) is 32.0 Å². The molecule has 0 radical (unpaired) electrons. The summed E-state index contributed by atoms with van der Waals surface area (Å²) in [5.74, 6) is 0.282. The molecule has 4 rings (SSSR count). The van der Waals surface area contributed by atoms with E-state index in [4.69, 9.17) is 9.39 Å². The number of aromatic nitrogens is 2. The first-order valence-electron chi connectivity index (χ1n) is 9.84. The number of nitrogens with one attached hydrogen (secondary N) is 3. The van der Waals surface area contributed by atoms with Crippen molar-refractivity contribution < 1.29 is 18.9 Å². The predicted molar refractivity (Wildman–Crippen MR) is 119 cm³/mol. The largest absolute Gasteiger partial charge is 0.491 e. The highest BCUT2D eigenvalue weighted by Crippen LogP contribution is 2.25. The van der Waals surface area contributed by atoms with Gasteiger partial charge in [0.05, 0.1) is 18.3 Å². The standard InChI is InChI=1S/C21H23BFN5O3/c1-21(2,29)12-30-17-8-4-6-15(10-17)26-20-24-11-18(23)19(27-20)25-14-5-3-7-16(9-14)28-22-13-31-22/h3-11,28-29H,12-13H2,1-2H3,(H2,24,25,26,27). The topological polar surface area (TPSA) is 104 Å². The molecule has 0 spiro atoms. The first-order valence-corrected chi connectivity index (χ1v) is 9.84. The van der Waals surface area contributed by atoms with E-state index in [0.717, 1.165) is 11.9 Å². The first kappa shape index (κ1) is 20.9. The third kappa shape index (κ3) is 6.30. The van der Waals surface area contributed by atoms with Gasteiger partial charge in [-0.3, -0.25) is 0 Å². The van der Waals surface area contributed by atoms with Gasteiger partial charge in [0.2, 0.25) is 5.95 Å². The molecule has 1 aliphatic rings. The lowest BCUT2D eigenvalue weighted by Gasteiger charge is -2.18. The maximum Gasteiger partial charge on any atom is 0.438 e. The molecule has 2 aromatic carbocycles. The summed E-state index contributed by atoms with van der Waals surface area (Å²) in [6.45, 7) is 4.17. The van der Waals surface area contributed by atoms with Gasteiger partial charge in [0, 0.05) is 23.1 Å². The molecular weight excluding hydrogens is 400 g/mol. The lowest BCUT2D eigenvalue weighted by molar-refractivity contribution is 0.0285. The van der Waals surface area contributed by atoms with Crippen LogP contribution in [0.1, 0.15) is 13.8 Å². The van der Waals surface area contributed by atoms with Crippen molar-refractivity contribution in [2.75, 3.05) is 29.0 Å². The van der Waals surface area contributed by atoms with E-state index >= 15 is 0 Å². The SMILES string of the molecule is CC(C)(O)COc1cccc(Nc2ncc(F)c(Nc3cccc(NB4CO4)c3)n2)c1. The van der Waals surface area contributed by atoms with Crippen LogP contribution in [0.25, 0.3) is 0 Å². The molecule has 2 heterocycles. The van der Waals surface area contributed by atoms with Crippen molar-refractivity contribution in [3.05, 3.63) is 60.5 Å². The second-order valence-electron chi connectivity index (χ2n) is 7.82. The number of benzene rings is 2. The Morgan fingerprint density at radius 3 is 2.58 bits per heavy atom. The van der Waals surface area contributed by atoms with E-state index in [1.807, 2.05) is 30.3 Å². The number of aliphatic hydroxyl groups is 1. The van der Waals surface area contributed by atoms with Crippen molar-refractivity contribution in [3.63, 3.8) is 0 Å². The Morgan fingerprint density at radius 1 is 1.13 bits per heavy atom. The van der Waals surface area contributed by atoms with E-state index in [9.17, 15) is 9.50 Å². The van der Waals surface area contributed by atoms with Crippen LogP contribution >= 0.6 is 0 Å². The predicted octanol–water partition coefficient (Wildman–Crippen LogP) is 3.72. The summed E-state index contributed by atoms with van der Waals surface area (Å²) in [6.07, 6.45) is 1.10. The van der Waals surface area contributed by atoms with E-state index in [2.05, 4.69) is 25.8 Å². The van der Waals surface area contributed by atoms with Crippen LogP contribution in [-0.2, 0) is 4.65 Å². The third-order valence-electron chi connectivity index (χ3n) is 4.21. The van der Waals surface area contributed by atoms with Crippen molar-refractivity contribution in [2.45, 2.75) is 19.4 Å². The zero-order chi connectivity index (χ0) is 21.8. The van der Waals surface area contributed by atoms with Crippen LogP contribution in [0.4, 0.5) is 33.2 Å². The van der Waals surface area contributed by atoms with E-state index in [1.165, 1.54) is 0 Å². The number of ether oxygens (including phenoxy) is 1. The quantitative estimate of drug-likeness (QED) is 0.305. The zero-order valence-electron chi connectivity index (χ0n) is 17.2. The molecule has 160 valence electrons. The Bertz CT molecular complexity index is 1060. The summed E-state index contributed by atoms with van der Waals surface area (Å²) >= 11 is 0. The molecule has 1 aromatic heterocycles. The maximum atomic E-state index is 14.3. The van der Waals surface area contributed by atoms with Crippen LogP contribution in [0, 0.1) is 5.82 Å². The van der Waals surface area contributed by atoms with Crippen molar-refractivity contribution in [1.29, 1.82) is 0 Å². The molecule has 0 saturated carbocycles. The fourth-order valence-corrected chi connectivity index (χ4v) is 2.71. The lowest BCUT2D eigenvalue weighted by Crippen LogP contribution is -2.27. The molecular formula is C21H23BFN5O3. The highest BCUT2D eigenvalue weighted by atomic mass is 19.1. The van der Waals surface area contributed by atoms with Gasteiger partial charge in [0.15, 0.2) is 11.6 Å². The minimum absolute atomic E-state index is 0.0324. The molecule has 1 fully saturated rings. The second-order valence-corrected chi connectivity index (χ2v) is 7.82. The molecule has 10 heteroatoms. The molecule has 0 unspecified atom stereocenters. The van der Waals surface area contributed by atoms with Gasteiger partial charge in [0.25, 0.3) is 0 Å². The molecule has 0 amide bonds. The molecule has 4 N–H and O–H groups in total. The summed E-state index contributed by atoms with van der Waals surface area (Å²) in [5.41, 5.74) is 1.27. The summed E-state index contributed by atoms with van der Waals surface area (Å²) in [6, 6.07) is 14.6. The normalized spacial score (nSPS) is 13.0. The molecule has 3 aromatic rings. The van der Waals surface area contributed by atoms with Crippen LogP contribution in [0.2, 0.25) is 0 Å². The molecule has 0 bridgehead atoms. The van der Waals surface area contributed by atoms with Crippen LogP contribution < -0.4 is 20.6 Å². The van der Waals surface area contributed by atoms with Crippen molar-refractivity contribution in [1.82, 2.24) is 9.97 Å². The van der Waals surface area contributed by atoms with E-state index in [0.29, 0.717) is 23.6 Å². The average molecular weight is 423 g/mol. The molecule has 0 aliphatic carbocycles. The Hall–Kier alpha value is -3.37. The van der Waals surface area contributed by atoms with Crippen LogP contribution in [0.3, 0.4) is 0 Å². The molecule has 1 saturated heterocycles. The van der Waals surface area contributed by atoms with Gasteiger partial charge in [0.1, 0.15) is 12.4 Å². The van der Waals surface area contributed by atoms with E-state index < -0.39 is 11.4 Å². The number of anilines is 5. The van der Waals surface area contributed by atoms with Crippen LogP contribution in [0.5, 0.6) is 5.75 Å². The lowest BCUT2D eigenvalue weighted by atomic mass is 9.96. The Morgan fingerprint density at radius 2 is 1.84 bits per heavy atom. The van der Waals surface area contributed by atoms with Crippen LogP contribution in [0.15, 0.2) is 54.7 Å². The first-order chi connectivity index (χ1) is 14.8. The zero-order valence-corrected chi connectivity index (χ0v) is 17.2. The molecule has 8 nitrogen and oxygen atoms in total. The maximum absolute atomic E-state index is 14.3. The Kier molecular flexibility index (Phi) is 5.92. The van der Waals surface area contributed by atoms with Gasteiger partial charge in [-0.05, 0) is 44.2 Å². The third-order valence-corrected chi connectivity index (χ3v) is 4.21. The highest BCUT2D eigenvalue weighted by Gasteiger charge is 2.30. The number of hydrogen-bond donors (Lipinski definition) is 4. The van der Waals surface area contributed by atoms with Crippen molar-refractivity contribution in [3.8, 4) is 5.75 Å². The van der Waals surface area contributed by atoms with Gasteiger partial charge >= 0.3 is 7.05 Å². The van der Waals surface area contributed by atoms with Crippen molar-refractivity contribution in [2.24, 2.45) is 0 Å². The van der Waals surface area contributed by atoms with Gasteiger partial charge in [-0.15, -0.1) is 0 Å². The fraction of sp³-hybridized carbons (Fsp3) is 0.238. The minimum Gasteiger partial charge on any atom is -0.491 e. The summed E-state index contributed by atoms with van der Waals surface area (Å²) in [7, 11) is 0.0324. The summed E-state index contributed by atoms with van der Waals surface area (Å²) in [5, 5.41) is 19.0. The number of hydrogen-bond acceptors (Lipinski definition) is 8. The monoisotopic (exact) mass is 423 g/mol. The number of nitrogens with zero attached hydrogens (tertiary/aromatic N) is 2. The van der Waals surface area contributed by atoms with Crippen molar-refractivity contribution >= 4 is 35.9 Å². The van der Waals surface area contributed by atoms with Gasteiger partial charge < -0.3 is 30.4 Å². The van der Waals surface area contributed by atoms with E-state index in [-0.39, 0.29) is 25.4 Å². The summed E-state index contributed by atoms with van der Waals surface area (Å²) < 4.78 is 25.1. The van der Waals surface area contributed by atoms with Gasteiger partial charge in [-0.1, -0.05) is 12.1 Å². The minimum atomic E-state index is -0.942. The Balaban J connectivity index is 1.45. The fourth-order valence-electron chi connectivity index (χ4n) is 2.71. The van der Waals surface area contributed by atoms with Gasteiger partial charge in [-0.25, -0.2) is 9.37 Å².